The molecule has 2 N–H and O–H groups in total. The summed E-state index contributed by atoms with van der Waals surface area (Å²) in [5, 5.41) is 5.49. The van der Waals surface area contributed by atoms with Crippen molar-refractivity contribution in [3.63, 3.8) is 0 Å². The second kappa shape index (κ2) is 6.36. The lowest BCUT2D eigenvalue weighted by molar-refractivity contribution is 0.248. The van der Waals surface area contributed by atoms with E-state index in [1.807, 2.05) is 6.07 Å². The highest BCUT2D eigenvalue weighted by molar-refractivity contribution is 7.99. The molecule has 0 saturated heterocycles. The number of hydrogen-bond acceptors (Lipinski definition) is 2. The van der Waals surface area contributed by atoms with Crippen molar-refractivity contribution in [2.75, 3.05) is 11.1 Å². The van der Waals surface area contributed by atoms with Gasteiger partial charge in [0, 0.05) is 16.3 Å². The number of rotatable bonds is 2. The average molecular weight is 320 g/mol. The van der Waals surface area contributed by atoms with Crippen molar-refractivity contribution in [3.05, 3.63) is 59.7 Å². The molecule has 0 radical (unpaired) electrons. The summed E-state index contributed by atoms with van der Waals surface area (Å²) in [5.41, 5.74) is 1.30. The molecule has 114 valence electrons. The lowest BCUT2D eigenvalue weighted by Gasteiger charge is -2.26. The first-order valence-corrected chi connectivity index (χ1v) is 7.86. The second-order valence-corrected chi connectivity index (χ2v) is 6.06. The molecular weight excluding hydrogens is 306 g/mol. The molecule has 2 aromatic carbocycles. The molecule has 2 aromatic rings. The number of nitrogens with one attached hydrogen (secondary N) is 2. The summed E-state index contributed by atoms with van der Waals surface area (Å²) in [6.07, 6.45) is 0.734. The Kier molecular flexibility index (Phi) is 4.29. The molecule has 1 aliphatic rings. The topological polar surface area (TPSA) is 41.1 Å². The number of hydrogen-bond donors (Lipinski definition) is 2. The van der Waals surface area contributed by atoms with Crippen molar-refractivity contribution in [1.29, 1.82) is 0 Å². The van der Waals surface area contributed by atoms with Gasteiger partial charge in [0.05, 0.1) is 6.04 Å². The molecule has 0 fully saturated rings. The van der Waals surface area contributed by atoms with Crippen LogP contribution in [0.3, 0.4) is 0 Å². The Labute approximate surface area is 131 Å². The summed E-state index contributed by atoms with van der Waals surface area (Å²) in [6, 6.07) is 9.80. The van der Waals surface area contributed by atoms with Gasteiger partial charge in [-0.2, -0.15) is 0 Å². The van der Waals surface area contributed by atoms with Crippen LogP contribution in [-0.4, -0.2) is 11.8 Å². The van der Waals surface area contributed by atoms with E-state index in [1.54, 1.807) is 6.07 Å². The quantitative estimate of drug-likeness (QED) is 0.865. The van der Waals surface area contributed by atoms with E-state index in [9.17, 15) is 13.6 Å². The number of urea groups is 1. The van der Waals surface area contributed by atoms with E-state index in [0.717, 1.165) is 17.7 Å². The van der Waals surface area contributed by atoms with Crippen LogP contribution in [0.5, 0.6) is 0 Å². The lowest BCUT2D eigenvalue weighted by Crippen LogP contribution is -2.34. The maximum absolute atomic E-state index is 13.8. The highest BCUT2D eigenvalue weighted by atomic mass is 32.2. The molecule has 0 aliphatic carbocycles. The molecular formula is C16H14F2N2OS. The summed E-state index contributed by atoms with van der Waals surface area (Å²) in [6.45, 7) is 0. The second-order valence-electron chi connectivity index (χ2n) is 4.95. The molecule has 0 saturated carbocycles. The Morgan fingerprint density at radius 2 is 1.91 bits per heavy atom. The van der Waals surface area contributed by atoms with Crippen LogP contribution < -0.4 is 10.6 Å². The van der Waals surface area contributed by atoms with Crippen molar-refractivity contribution in [1.82, 2.24) is 5.32 Å². The zero-order valence-electron chi connectivity index (χ0n) is 11.6. The summed E-state index contributed by atoms with van der Waals surface area (Å²) >= 11 is 1.46. The fourth-order valence-corrected chi connectivity index (χ4v) is 3.54. The first kappa shape index (κ1) is 14.8. The van der Waals surface area contributed by atoms with Crippen molar-refractivity contribution in [2.45, 2.75) is 17.4 Å². The van der Waals surface area contributed by atoms with Gasteiger partial charge in [0.2, 0.25) is 0 Å². The molecule has 1 heterocycles. The van der Waals surface area contributed by atoms with Crippen LogP contribution in [0.2, 0.25) is 0 Å². The standard InChI is InChI=1S/C16H14F2N2OS/c17-10-4-6-11(7-5-10)19-16(21)20-14-8-9-22-15-12(14)2-1-3-13(15)18/h1-7,14H,8-9H2,(H2,19,20,21). The van der Waals surface area contributed by atoms with Gasteiger partial charge in [-0.1, -0.05) is 12.1 Å². The van der Waals surface area contributed by atoms with Gasteiger partial charge < -0.3 is 10.6 Å². The SMILES string of the molecule is O=C(Nc1ccc(F)cc1)NC1CCSc2c(F)cccc21. The molecule has 22 heavy (non-hydrogen) atoms. The Bertz CT molecular complexity index is 691. The third-order valence-corrected chi connectivity index (χ3v) is 4.59. The predicted octanol–water partition coefficient (Wildman–Crippen LogP) is 4.32. The van der Waals surface area contributed by atoms with Crippen LogP contribution in [0.25, 0.3) is 0 Å². The van der Waals surface area contributed by atoms with Crippen molar-refractivity contribution in [3.8, 4) is 0 Å². The molecule has 6 heteroatoms. The number of anilines is 1. The Balaban J connectivity index is 1.70. The predicted molar refractivity (Wildman–Crippen MR) is 83.0 cm³/mol. The molecule has 0 spiro atoms. The molecule has 0 bridgehead atoms. The fourth-order valence-electron chi connectivity index (χ4n) is 2.40. The van der Waals surface area contributed by atoms with E-state index < -0.39 is 6.03 Å². The number of carbonyl (C=O) groups excluding carboxylic acids is 1. The van der Waals surface area contributed by atoms with Crippen LogP contribution in [0.4, 0.5) is 19.3 Å². The molecule has 0 aromatic heterocycles. The van der Waals surface area contributed by atoms with E-state index in [4.69, 9.17) is 0 Å². The lowest BCUT2D eigenvalue weighted by atomic mass is 10.0. The monoisotopic (exact) mass is 320 g/mol. The van der Waals surface area contributed by atoms with Crippen molar-refractivity contribution in [2.24, 2.45) is 0 Å². The van der Waals surface area contributed by atoms with E-state index >= 15 is 0 Å². The van der Waals surface area contributed by atoms with E-state index in [1.165, 1.54) is 42.1 Å². The zero-order valence-corrected chi connectivity index (χ0v) is 12.4. The normalized spacial score (nSPS) is 16.7. The van der Waals surface area contributed by atoms with Gasteiger partial charge in [0.15, 0.2) is 0 Å². The minimum absolute atomic E-state index is 0.229. The Morgan fingerprint density at radius 1 is 1.14 bits per heavy atom. The zero-order chi connectivity index (χ0) is 15.5. The summed E-state index contributed by atoms with van der Waals surface area (Å²) in [7, 11) is 0. The van der Waals surface area contributed by atoms with Crippen LogP contribution in [0.15, 0.2) is 47.4 Å². The molecule has 3 rings (SSSR count). The summed E-state index contributed by atoms with van der Waals surface area (Å²) in [4.78, 5) is 12.6. The third-order valence-electron chi connectivity index (χ3n) is 3.43. The minimum atomic E-state index is -0.390. The van der Waals surface area contributed by atoms with Gasteiger partial charge >= 0.3 is 6.03 Å². The van der Waals surface area contributed by atoms with Crippen LogP contribution in [-0.2, 0) is 0 Å². The van der Waals surface area contributed by atoms with Crippen molar-refractivity contribution < 1.29 is 13.6 Å². The number of fused-ring (bicyclic) bond motifs is 1. The van der Waals surface area contributed by atoms with Gasteiger partial charge in [0.1, 0.15) is 11.6 Å². The van der Waals surface area contributed by atoms with E-state index in [2.05, 4.69) is 10.6 Å². The number of amides is 2. The Morgan fingerprint density at radius 3 is 2.68 bits per heavy atom. The highest BCUT2D eigenvalue weighted by Gasteiger charge is 2.24. The van der Waals surface area contributed by atoms with E-state index in [0.29, 0.717) is 10.6 Å². The fraction of sp³-hybridized carbons (Fsp3) is 0.188. The highest BCUT2D eigenvalue weighted by Crippen LogP contribution is 2.37. The van der Waals surface area contributed by atoms with Crippen molar-refractivity contribution >= 4 is 23.5 Å². The third kappa shape index (κ3) is 3.22. The number of halogens is 2. The van der Waals surface area contributed by atoms with Gasteiger partial charge in [-0.3, -0.25) is 0 Å². The molecule has 1 atom stereocenters. The first-order chi connectivity index (χ1) is 10.6. The van der Waals surface area contributed by atoms with Crippen LogP contribution in [0.1, 0.15) is 18.0 Å². The maximum Gasteiger partial charge on any atom is 0.319 e. The Hall–Kier alpha value is -2.08. The first-order valence-electron chi connectivity index (χ1n) is 6.88. The number of thioether (sulfide) groups is 1. The molecule has 1 unspecified atom stereocenters. The smallest absolute Gasteiger partial charge is 0.319 e. The summed E-state index contributed by atoms with van der Waals surface area (Å²) < 4.78 is 26.6. The minimum Gasteiger partial charge on any atom is -0.331 e. The number of carbonyl (C=O) groups is 1. The maximum atomic E-state index is 13.8. The molecule has 3 nitrogen and oxygen atoms in total. The van der Waals surface area contributed by atoms with Crippen LogP contribution >= 0.6 is 11.8 Å². The van der Waals surface area contributed by atoms with Gasteiger partial charge in [-0.05, 0) is 42.3 Å². The van der Waals surface area contributed by atoms with Gasteiger partial charge in [-0.15, -0.1) is 11.8 Å². The van der Waals surface area contributed by atoms with Crippen LogP contribution in [0, 0.1) is 11.6 Å². The van der Waals surface area contributed by atoms with Gasteiger partial charge in [0.25, 0.3) is 0 Å². The number of benzene rings is 2. The van der Waals surface area contributed by atoms with Gasteiger partial charge in [-0.25, -0.2) is 13.6 Å². The molecule has 1 aliphatic heterocycles. The average Bonchev–Trinajstić information content (AvgIpc) is 2.51. The largest absolute Gasteiger partial charge is 0.331 e. The van der Waals surface area contributed by atoms with E-state index in [-0.39, 0.29) is 17.7 Å². The summed E-state index contributed by atoms with van der Waals surface area (Å²) in [5.74, 6) is 0.128. The molecule has 2 amide bonds.